The van der Waals surface area contributed by atoms with Crippen molar-refractivity contribution < 1.29 is 9.21 Å². The number of nitrogens with one attached hydrogen (secondary N) is 1. The highest BCUT2D eigenvalue weighted by molar-refractivity contribution is 14.1. The molecule has 0 aliphatic heterocycles. The second-order valence-electron chi connectivity index (χ2n) is 2.58. The van der Waals surface area contributed by atoms with E-state index in [1.165, 1.54) is 6.07 Å². The molecule has 0 saturated heterocycles. The summed E-state index contributed by atoms with van der Waals surface area (Å²) in [5, 5.41) is 0. The first-order valence-corrected chi connectivity index (χ1v) is 4.66. The lowest BCUT2D eigenvalue weighted by Crippen LogP contribution is -2.17. The molecule has 4 nitrogen and oxygen atoms in total. The number of aryl methyl sites for hydroxylation is 1. The Bertz CT molecular complexity index is 397. The molecular formula is C8H8INO3. The van der Waals surface area contributed by atoms with Crippen molar-refractivity contribution >= 4 is 28.8 Å². The minimum atomic E-state index is -0.502. The highest BCUT2D eigenvalue weighted by atomic mass is 127. The monoisotopic (exact) mass is 293 g/mol. The molecular weight excluding hydrogens is 285 g/mol. The van der Waals surface area contributed by atoms with Gasteiger partial charge in [0.05, 0.1) is 28.4 Å². The zero-order valence-electron chi connectivity index (χ0n) is 7.18. The van der Waals surface area contributed by atoms with Crippen LogP contribution in [0.3, 0.4) is 0 Å². The van der Waals surface area contributed by atoms with Gasteiger partial charge in [0.1, 0.15) is 5.76 Å². The third-order valence-corrected chi connectivity index (χ3v) is 2.27. The molecule has 1 amide bonds. The summed E-state index contributed by atoms with van der Waals surface area (Å²) in [6.07, 6.45) is 0. The quantitative estimate of drug-likeness (QED) is 0.628. The van der Waals surface area contributed by atoms with Gasteiger partial charge < -0.3 is 4.42 Å². The number of amides is 1. The van der Waals surface area contributed by atoms with Crippen LogP contribution in [0.1, 0.15) is 21.7 Å². The zero-order chi connectivity index (χ0) is 10.0. The van der Waals surface area contributed by atoms with Gasteiger partial charge in [-0.1, -0.05) is 0 Å². The van der Waals surface area contributed by atoms with Crippen LogP contribution in [0.5, 0.6) is 0 Å². The van der Waals surface area contributed by atoms with Crippen LogP contribution in [0.2, 0.25) is 0 Å². The second kappa shape index (κ2) is 3.91. The van der Waals surface area contributed by atoms with Crippen molar-refractivity contribution in [1.82, 2.24) is 3.53 Å². The maximum atomic E-state index is 11.2. The maximum absolute atomic E-state index is 11.2. The molecule has 0 saturated carbocycles. The Hall–Kier alpha value is -0.850. The molecule has 0 aliphatic carbocycles. The summed E-state index contributed by atoms with van der Waals surface area (Å²) in [5.41, 5.74) is 0.551. The molecule has 0 fully saturated rings. The molecule has 5 heteroatoms. The van der Waals surface area contributed by atoms with E-state index in [-0.39, 0.29) is 5.91 Å². The Balaban J connectivity index is 3.36. The molecule has 1 N–H and O–H groups in total. The van der Waals surface area contributed by atoms with Crippen LogP contribution in [-0.4, -0.2) is 5.91 Å². The Kier molecular flexibility index (Phi) is 3.07. The van der Waals surface area contributed by atoms with Crippen molar-refractivity contribution in [2.75, 3.05) is 0 Å². The molecule has 0 aromatic carbocycles. The van der Waals surface area contributed by atoms with Gasteiger partial charge in [0, 0.05) is 11.6 Å². The predicted molar refractivity (Wildman–Crippen MR) is 55.9 cm³/mol. The van der Waals surface area contributed by atoms with Gasteiger partial charge in [-0.3, -0.25) is 8.32 Å². The zero-order valence-corrected chi connectivity index (χ0v) is 9.34. The molecule has 70 valence electrons. The molecule has 0 bridgehead atoms. The largest absolute Gasteiger partial charge is 0.428 e. The fourth-order valence-corrected chi connectivity index (χ4v) is 1.25. The summed E-state index contributed by atoms with van der Waals surface area (Å²) in [5.74, 6) is 0.191. The molecule has 0 spiro atoms. The number of carbonyl (C=O) groups is 1. The summed E-state index contributed by atoms with van der Waals surface area (Å²) >= 11 is 1.72. The van der Waals surface area contributed by atoms with E-state index in [1.807, 2.05) is 0 Å². The van der Waals surface area contributed by atoms with Crippen LogP contribution < -0.4 is 9.16 Å². The second-order valence-corrected chi connectivity index (χ2v) is 3.12. The molecule has 0 aliphatic rings. The van der Waals surface area contributed by atoms with Gasteiger partial charge in [0.25, 0.3) is 5.91 Å². The average Bonchev–Trinajstić information content (AvgIpc) is 2.10. The molecule has 1 aromatic rings. The Morgan fingerprint density at radius 3 is 2.69 bits per heavy atom. The van der Waals surface area contributed by atoms with Crippen LogP contribution >= 0.6 is 22.9 Å². The van der Waals surface area contributed by atoms with Gasteiger partial charge in [0.15, 0.2) is 0 Å². The van der Waals surface area contributed by atoms with Crippen molar-refractivity contribution in [3.05, 3.63) is 33.4 Å². The van der Waals surface area contributed by atoms with Crippen molar-refractivity contribution in [3.63, 3.8) is 0 Å². The lowest BCUT2D eigenvalue weighted by Gasteiger charge is -2.03. The third-order valence-electron chi connectivity index (χ3n) is 1.78. The number of hydrogen-bond donors (Lipinski definition) is 1. The minimum Gasteiger partial charge on any atom is -0.428 e. The van der Waals surface area contributed by atoms with Crippen molar-refractivity contribution in [3.8, 4) is 0 Å². The topological polar surface area (TPSA) is 59.3 Å². The van der Waals surface area contributed by atoms with Crippen molar-refractivity contribution in [2.45, 2.75) is 13.8 Å². The van der Waals surface area contributed by atoms with Crippen LogP contribution in [0.4, 0.5) is 0 Å². The highest BCUT2D eigenvalue weighted by Gasteiger charge is 2.11. The molecule has 1 aromatic heterocycles. The molecule has 0 radical (unpaired) electrons. The van der Waals surface area contributed by atoms with Crippen LogP contribution in [0.25, 0.3) is 0 Å². The SMILES string of the molecule is Cc1oc(=O)cc(C(=O)NI)c1C. The summed E-state index contributed by atoms with van der Waals surface area (Å²) in [4.78, 5) is 22.2. The average molecular weight is 293 g/mol. The Morgan fingerprint density at radius 2 is 2.15 bits per heavy atom. The maximum Gasteiger partial charge on any atom is 0.336 e. The van der Waals surface area contributed by atoms with E-state index < -0.39 is 5.63 Å². The number of rotatable bonds is 1. The van der Waals surface area contributed by atoms with Gasteiger partial charge in [-0.25, -0.2) is 4.79 Å². The predicted octanol–water partition coefficient (Wildman–Crippen LogP) is 1.34. The first-order chi connectivity index (χ1) is 6.06. The minimum absolute atomic E-state index is 0.283. The van der Waals surface area contributed by atoms with Crippen molar-refractivity contribution in [1.29, 1.82) is 0 Å². The van der Waals surface area contributed by atoms with E-state index >= 15 is 0 Å². The molecule has 1 rings (SSSR count). The van der Waals surface area contributed by atoms with Crippen LogP contribution in [0, 0.1) is 13.8 Å². The lowest BCUT2D eigenvalue weighted by molar-refractivity contribution is 0.0988. The fourth-order valence-electron chi connectivity index (χ4n) is 0.959. The summed E-state index contributed by atoms with van der Waals surface area (Å²) in [6, 6.07) is 1.19. The third kappa shape index (κ3) is 2.09. The van der Waals surface area contributed by atoms with Gasteiger partial charge in [-0.15, -0.1) is 0 Å². The number of halogens is 1. The van der Waals surface area contributed by atoms with Gasteiger partial charge >= 0.3 is 5.63 Å². The van der Waals surface area contributed by atoms with Crippen LogP contribution in [0.15, 0.2) is 15.3 Å². The van der Waals surface area contributed by atoms with Gasteiger partial charge in [-0.2, -0.15) is 0 Å². The normalized spacial score (nSPS) is 9.77. The molecule has 13 heavy (non-hydrogen) atoms. The van der Waals surface area contributed by atoms with E-state index in [0.717, 1.165) is 0 Å². The smallest absolute Gasteiger partial charge is 0.336 e. The lowest BCUT2D eigenvalue weighted by atomic mass is 10.1. The Morgan fingerprint density at radius 1 is 1.54 bits per heavy atom. The number of hydrogen-bond acceptors (Lipinski definition) is 3. The number of carbonyl (C=O) groups excluding carboxylic acids is 1. The first kappa shape index (κ1) is 10.2. The van der Waals surface area contributed by atoms with Crippen LogP contribution in [-0.2, 0) is 0 Å². The van der Waals surface area contributed by atoms with Crippen molar-refractivity contribution in [2.24, 2.45) is 0 Å². The highest BCUT2D eigenvalue weighted by Crippen LogP contribution is 2.09. The van der Waals surface area contributed by atoms with E-state index in [1.54, 1.807) is 36.7 Å². The first-order valence-electron chi connectivity index (χ1n) is 3.58. The van der Waals surface area contributed by atoms with E-state index in [9.17, 15) is 9.59 Å². The van der Waals surface area contributed by atoms with E-state index in [2.05, 4.69) is 3.53 Å². The Labute approximate surface area is 88.8 Å². The van der Waals surface area contributed by atoms with Gasteiger partial charge in [0.2, 0.25) is 0 Å². The van der Waals surface area contributed by atoms with E-state index in [4.69, 9.17) is 4.42 Å². The summed E-state index contributed by atoms with van der Waals surface area (Å²) in [6.45, 7) is 3.39. The molecule has 1 heterocycles. The summed E-state index contributed by atoms with van der Waals surface area (Å²) in [7, 11) is 0. The standard InChI is InChI=1S/C8H8INO3/c1-4-5(2)13-7(11)3-6(4)8(12)10-9/h3H,1-2H3,(H,10,12). The fraction of sp³-hybridized carbons (Fsp3) is 0.250. The molecule has 0 unspecified atom stereocenters. The van der Waals surface area contributed by atoms with Gasteiger partial charge in [-0.05, 0) is 13.8 Å². The van der Waals surface area contributed by atoms with E-state index in [0.29, 0.717) is 16.9 Å². The summed E-state index contributed by atoms with van der Waals surface area (Å²) < 4.78 is 7.23. The molecule has 0 atom stereocenters.